The van der Waals surface area contributed by atoms with Crippen molar-refractivity contribution in [2.75, 3.05) is 33.4 Å². The first-order valence-electron chi connectivity index (χ1n) is 11.6. The number of amides is 1. The van der Waals surface area contributed by atoms with Gasteiger partial charge < -0.3 is 9.64 Å². The molecule has 4 rings (SSSR count). The first kappa shape index (κ1) is 23.1. The molecular formula is C28H33N3O2. The number of rotatable bonds is 9. The molecule has 1 amide bonds. The van der Waals surface area contributed by atoms with E-state index in [1.54, 1.807) is 13.3 Å². The number of ether oxygens (including phenoxy) is 1. The second-order valence-electron chi connectivity index (χ2n) is 9.03. The van der Waals surface area contributed by atoms with Crippen molar-refractivity contribution >= 4 is 5.91 Å². The molecule has 0 radical (unpaired) electrons. The highest BCUT2D eigenvalue weighted by atomic mass is 16.5. The van der Waals surface area contributed by atoms with Crippen molar-refractivity contribution in [2.24, 2.45) is 5.92 Å². The van der Waals surface area contributed by atoms with Crippen molar-refractivity contribution in [1.29, 1.82) is 0 Å². The molecule has 3 aromatic rings. The summed E-state index contributed by atoms with van der Waals surface area (Å²) in [6.07, 6.45) is 3.59. The number of aromatic nitrogens is 1. The van der Waals surface area contributed by atoms with E-state index < -0.39 is 0 Å². The number of methoxy groups -OCH3 is 1. The summed E-state index contributed by atoms with van der Waals surface area (Å²) >= 11 is 0. The maximum atomic E-state index is 13.0. The number of carbonyl (C=O) groups excluding carboxylic acids is 1. The van der Waals surface area contributed by atoms with E-state index in [1.807, 2.05) is 23.2 Å². The zero-order valence-electron chi connectivity index (χ0n) is 19.6. The third kappa shape index (κ3) is 6.28. The van der Waals surface area contributed by atoms with Crippen molar-refractivity contribution < 1.29 is 9.53 Å². The minimum atomic E-state index is 0.0190. The predicted octanol–water partition coefficient (Wildman–Crippen LogP) is 4.28. The van der Waals surface area contributed by atoms with Crippen LogP contribution in [0.15, 0.2) is 79.1 Å². The van der Waals surface area contributed by atoms with Crippen LogP contribution in [0.25, 0.3) is 0 Å². The summed E-state index contributed by atoms with van der Waals surface area (Å²) in [5.74, 6) is 0.737. The van der Waals surface area contributed by atoms with Crippen molar-refractivity contribution in [3.05, 3.63) is 101 Å². The number of nitrogens with zero attached hydrogens (tertiary/aromatic N) is 3. The van der Waals surface area contributed by atoms with Crippen molar-refractivity contribution in [1.82, 2.24) is 14.8 Å². The highest BCUT2D eigenvalue weighted by Crippen LogP contribution is 2.34. The van der Waals surface area contributed by atoms with E-state index in [9.17, 15) is 4.79 Å². The van der Waals surface area contributed by atoms with Gasteiger partial charge in [-0.25, -0.2) is 0 Å². The van der Waals surface area contributed by atoms with Gasteiger partial charge in [0.25, 0.3) is 0 Å². The number of aryl methyl sites for hydroxylation is 1. The summed E-state index contributed by atoms with van der Waals surface area (Å²) in [7, 11) is 1.58. The Balaban J connectivity index is 1.55. The molecule has 1 fully saturated rings. The first-order chi connectivity index (χ1) is 16.1. The van der Waals surface area contributed by atoms with Crippen molar-refractivity contribution in [3.8, 4) is 0 Å². The Bertz CT molecular complexity index is 1010. The molecule has 0 aliphatic carbocycles. The molecular weight excluding hydrogens is 410 g/mol. The van der Waals surface area contributed by atoms with E-state index in [0.29, 0.717) is 24.9 Å². The fourth-order valence-electron chi connectivity index (χ4n) is 4.77. The second kappa shape index (κ2) is 11.2. The van der Waals surface area contributed by atoms with Crippen LogP contribution in [0, 0.1) is 12.8 Å². The molecule has 0 bridgehead atoms. The van der Waals surface area contributed by atoms with Crippen LogP contribution >= 0.6 is 0 Å². The normalized spacial score (nSPS) is 18.4. The van der Waals surface area contributed by atoms with Crippen molar-refractivity contribution in [2.45, 2.75) is 25.9 Å². The summed E-state index contributed by atoms with van der Waals surface area (Å²) < 4.78 is 5.19. The van der Waals surface area contributed by atoms with Gasteiger partial charge in [-0.05, 0) is 35.6 Å². The zero-order chi connectivity index (χ0) is 23.0. The molecule has 1 aliphatic rings. The standard InChI is InChI=1S/C28H33N3O2/c1-22-10-12-25(13-11-22)27-20-30(16-23-7-4-3-5-8-23)18-26(27)19-31(28(32)21-33-2)17-24-9-6-14-29-15-24/h3-15,26-27H,16-21H2,1-2H3. The van der Waals surface area contributed by atoms with Gasteiger partial charge in [0, 0.05) is 58.1 Å². The molecule has 1 aliphatic heterocycles. The van der Waals surface area contributed by atoms with Gasteiger partial charge in [-0.15, -0.1) is 0 Å². The minimum Gasteiger partial charge on any atom is -0.375 e. The monoisotopic (exact) mass is 443 g/mol. The van der Waals surface area contributed by atoms with Crippen LogP contribution in [-0.2, 0) is 22.6 Å². The van der Waals surface area contributed by atoms with E-state index >= 15 is 0 Å². The highest BCUT2D eigenvalue weighted by Gasteiger charge is 2.35. The molecule has 5 heteroatoms. The third-order valence-corrected chi connectivity index (χ3v) is 6.44. The highest BCUT2D eigenvalue weighted by molar-refractivity contribution is 5.77. The largest absolute Gasteiger partial charge is 0.375 e. The van der Waals surface area contributed by atoms with E-state index in [2.05, 4.69) is 71.4 Å². The number of likely N-dealkylation sites (tertiary alicyclic amines) is 1. The van der Waals surface area contributed by atoms with Crippen LogP contribution in [0.5, 0.6) is 0 Å². The summed E-state index contributed by atoms with van der Waals surface area (Å²) in [5, 5.41) is 0. The molecule has 0 spiro atoms. The van der Waals surface area contributed by atoms with E-state index in [0.717, 1.165) is 25.2 Å². The zero-order valence-corrected chi connectivity index (χ0v) is 19.6. The maximum absolute atomic E-state index is 13.0. The van der Waals surface area contributed by atoms with Gasteiger partial charge in [0.1, 0.15) is 6.61 Å². The van der Waals surface area contributed by atoms with Crippen LogP contribution < -0.4 is 0 Å². The lowest BCUT2D eigenvalue weighted by atomic mass is 9.88. The number of pyridine rings is 1. The van der Waals surface area contributed by atoms with E-state index in [4.69, 9.17) is 4.74 Å². The summed E-state index contributed by atoms with van der Waals surface area (Å²) in [6, 6.07) is 23.4. The van der Waals surface area contributed by atoms with Gasteiger partial charge in [0.05, 0.1) is 0 Å². The smallest absolute Gasteiger partial charge is 0.248 e. The molecule has 1 aromatic heterocycles. The molecule has 33 heavy (non-hydrogen) atoms. The Morgan fingerprint density at radius 1 is 1.03 bits per heavy atom. The molecule has 0 N–H and O–H groups in total. The second-order valence-corrected chi connectivity index (χ2v) is 9.03. The quantitative estimate of drug-likeness (QED) is 0.495. The maximum Gasteiger partial charge on any atom is 0.248 e. The lowest BCUT2D eigenvalue weighted by Gasteiger charge is -2.28. The van der Waals surface area contributed by atoms with Crippen LogP contribution in [0.2, 0.25) is 0 Å². The summed E-state index contributed by atoms with van der Waals surface area (Å²) in [5.41, 5.74) is 4.97. The van der Waals surface area contributed by atoms with Gasteiger partial charge in [-0.3, -0.25) is 14.7 Å². The molecule has 2 heterocycles. The minimum absolute atomic E-state index is 0.0190. The predicted molar refractivity (Wildman–Crippen MR) is 131 cm³/mol. The van der Waals surface area contributed by atoms with Gasteiger partial charge in [0.2, 0.25) is 5.91 Å². The van der Waals surface area contributed by atoms with Crippen LogP contribution in [0.4, 0.5) is 0 Å². The molecule has 2 unspecified atom stereocenters. The Morgan fingerprint density at radius 3 is 2.48 bits per heavy atom. The molecule has 2 atom stereocenters. The number of hydrogen-bond acceptors (Lipinski definition) is 4. The molecule has 2 aromatic carbocycles. The average Bonchev–Trinajstić information content (AvgIpc) is 3.22. The Hall–Kier alpha value is -3.02. The molecule has 172 valence electrons. The average molecular weight is 444 g/mol. The topological polar surface area (TPSA) is 45.7 Å². The van der Waals surface area contributed by atoms with Gasteiger partial charge in [-0.1, -0.05) is 66.2 Å². The Morgan fingerprint density at radius 2 is 1.79 bits per heavy atom. The number of carbonyl (C=O) groups is 1. The molecule has 0 saturated carbocycles. The van der Waals surface area contributed by atoms with Crippen LogP contribution in [0.3, 0.4) is 0 Å². The SMILES string of the molecule is COCC(=O)N(Cc1cccnc1)CC1CN(Cc2ccccc2)CC1c1ccc(C)cc1. The van der Waals surface area contributed by atoms with Gasteiger partial charge in [0.15, 0.2) is 0 Å². The van der Waals surface area contributed by atoms with E-state index in [1.165, 1.54) is 16.7 Å². The van der Waals surface area contributed by atoms with E-state index in [-0.39, 0.29) is 12.5 Å². The van der Waals surface area contributed by atoms with Crippen LogP contribution in [-0.4, -0.2) is 54.0 Å². The fourth-order valence-corrected chi connectivity index (χ4v) is 4.77. The fraction of sp³-hybridized carbons (Fsp3) is 0.357. The van der Waals surface area contributed by atoms with Gasteiger partial charge >= 0.3 is 0 Å². The Kier molecular flexibility index (Phi) is 7.87. The van der Waals surface area contributed by atoms with Gasteiger partial charge in [-0.2, -0.15) is 0 Å². The van der Waals surface area contributed by atoms with Crippen molar-refractivity contribution in [3.63, 3.8) is 0 Å². The molecule has 5 nitrogen and oxygen atoms in total. The Labute approximate surface area is 197 Å². The third-order valence-electron chi connectivity index (χ3n) is 6.44. The number of benzene rings is 2. The number of hydrogen-bond donors (Lipinski definition) is 0. The van der Waals surface area contributed by atoms with Crippen LogP contribution in [0.1, 0.15) is 28.2 Å². The molecule has 1 saturated heterocycles. The lowest BCUT2D eigenvalue weighted by Crippen LogP contribution is -2.39. The lowest BCUT2D eigenvalue weighted by molar-refractivity contribution is -0.136. The summed E-state index contributed by atoms with van der Waals surface area (Å²) in [6.45, 7) is 6.33. The first-order valence-corrected chi connectivity index (χ1v) is 11.6. The summed E-state index contributed by atoms with van der Waals surface area (Å²) in [4.78, 5) is 21.7.